The molecule has 2 rings (SSSR count). The Labute approximate surface area is 107 Å². The zero-order valence-electron chi connectivity index (χ0n) is 10.5. The molecule has 1 heterocycles. The summed E-state index contributed by atoms with van der Waals surface area (Å²) >= 11 is 6.12. The predicted molar refractivity (Wildman–Crippen MR) is 69.5 cm³/mol. The predicted octanol–water partition coefficient (Wildman–Crippen LogP) is 2.84. The lowest BCUT2D eigenvalue weighted by Crippen LogP contribution is -2.42. The molecule has 0 amide bonds. The van der Waals surface area contributed by atoms with Crippen LogP contribution in [0.5, 0.6) is 0 Å². The summed E-state index contributed by atoms with van der Waals surface area (Å²) in [6.45, 7) is 3.86. The van der Waals surface area contributed by atoms with Crippen LogP contribution in [0.3, 0.4) is 0 Å². The van der Waals surface area contributed by atoms with Gasteiger partial charge < -0.3 is 5.32 Å². The van der Waals surface area contributed by atoms with Crippen molar-refractivity contribution in [3.8, 4) is 0 Å². The Hall–Kier alpha value is -0.900. The molecule has 17 heavy (non-hydrogen) atoms. The van der Waals surface area contributed by atoms with Crippen molar-refractivity contribution < 1.29 is 0 Å². The van der Waals surface area contributed by atoms with Crippen molar-refractivity contribution in [2.24, 2.45) is 0 Å². The third-order valence-corrected chi connectivity index (χ3v) is 4.05. The van der Waals surface area contributed by atoms with Gasteiger partial charge in [-0.15, -0.1) is 16.7 Å². The smallest absolute Gasteiger partial charge is 0.243 e. The first kappa shape index (κ1) is 12.6. The fourth-order valence-corrected chi connectivity index (χ4v) is 2.60. The first-order valence-corrected chi connectivity index (χ1v) is 6.71. The first-order chi connectivity index (χ1) is 8.15. The second-order valence-electron chi connectivity index (χ2n) is 4.91. The Morgan fingerprint density at radius 3 is 2.41 bits per heavy atom. The second kappa shape index (κ2) is 5.17. The maximum atomic E-state index is 6.12. The minimum absolute atomic E-state index is 0.0385. The molecule has 1 aliphatic carbocycles. The van der Waals surface area contributed by atoms with E-state index in [2.05, 4.69) is 20.5 Å². The van der Waals surface area contributed by atoms with E-state index in [0.29, 0.717) is 11.8 Å². The lowest BCUT2D eigenvalue weighted by Gasteiger charge is -2.36. The van der Waals surface area contributed by atoms with Crippen molar-refractivity contribution in [2.75, 3.05) is 11.2 Å². The summed E-state index contributed by atoms with van der Waals surface area (Å²) in [6, 6.07) is 0. The van der Waals surface area contributed by atoms with E-state index in [9.17, 15) is 0 Å². The quantitative estimate of drug-likeness (QED) is 0.843. The maximum absolute atomic E-state index is 6.12. The molecule has 4 nitrogen and oxygen atoms in total. The minimum Gasteiger partial charge on any atom is -0.346 e. The van der Waals surface area contributed by atoms with Crippen molar-refractivity contribution in [2.45, 2.75) is 51.5 Å². The van der Waals surface area contributed by atoms with Crippen LogP contribution in [0.4, 0.5) is 5.95 Å². The van der Waals surface area contributed by atoms with Crippen LogP contribution in [0.15, 0.2) is 0 Å². The third-order valence-electron chi connectivity index (χ3n) is 3.54. The van der Waals surface area contributed by atoms with Crippen LogP contribution in [0.25, 0.3) is 0 Å². The van der Waals surface area contributed by atoms with Gasteiger partial charge in [-0.3, -0.25) is 0 Å². The first-order valence-electron chi connectivity index (χ1n) is 6.17. The molecule has 1 saturated carbocycles. The Morgan fingerprint density at radius 1 is 1.12 bits per heavy atom. The minimum atomic E-state index is -0.0385. The van der Waals surface area contributed by atoms with Gasteiger partial charge in [-0.1, -0.05) is 19.3 Å². The number of alkyl halides is 1. The van der Waals surface area contributed by atoms with E-state index in [-0.39, 0.29) is 5.54 Å². The topological polar surface area (TPSA) is 50.7 Å². The number of anilines is 1. The zero-order chi connectivity index (χ0) is 12.3. The van der Waals surface area contributed by atoms with Crippen LogP contribution in [0.2, 0.25) is 0 Å². The highest BCUT2D eigenvalue weighted by atomic mass is 35.5. The Balaban J connectivity index is 2.14. The van der Waals surface area contributed by atoms with Crippen molar-refractivity contribution in [1.82, 2.24) is 15.2 Å². The molecular formula is C12H19ClN4. The normalized spacial score (nSPS) is 19.0. The lowest BCUT2D eigenvalue weighted by molar-refractivity contribution is 0.351. The highest BCUT2D eigenvalue weighted by molar-refractivity contribution is 6.18. The van der Waals surface area contributed by atoms with Crippen LogP contribution < -0.4 is 5.32 Å². The molecule has 0 aromatic carbocycles. The van der Waals surface area contributed by atoms with Gasteiger partial charge in [0.15, 0.2) is 0 Å². The molecule has 1 aliphatic rings. The Kier molecular flexibility index (Phi) is 3.82. The van der Waals surface area contributed by atoms with Crippen LogP contribution in [-0.4, -0.2) is 26.6 Å². The van der Waals surface area contributed by atoms with Gasteiger partial charge in [0, 0.05) is 5.88 Å². The van der Waals surface area contributed by atoms with Gasteiger partial charge in [-0.05, 0) is 26.7 Å². The molecule has 5 heteroatoms. The van der Waals surface area contributed by atoms with Crippen LogP contribution in [0.1, 0.15) is 43.5 Å². The average Bonchev–Trinajstić information content (AvgIpc) is 2.35. The van der Waals surface area contributed by atoms with Crippen molar-refractivity contribution in [1.29, 1.82) is 0 Å². The van der Waals surface area contributed by atoms with Crippen LogP contribution in [0, 0.1) is 13.8 Å². The molecule has 1 fully saturated rings. The number of aryl methyl sites for hydroxylation is 2. The fourth-order valence-electron chi connectivity index (χ4n) is 2.27. The Bertz CT molecular complexity index is 388. The highest BCUT2D eigenvalue weighted by Crippen LogP contribution is 2.31. The lowest BCUT2D eigenvalue weighted by atomic mass is 9.83. The number of nitrogens with zero attached hydrogens (tertiary/aromatic N) is 3. The number of rotatable bonds is 3. The van der Waals surface area contributed by atoms with E-state index in [1.807, 2.05) is 13.8 Å². The van der Waals surface area contributed by atoms with Gasteiger partial charge in [0.2, 0.25) is 5.95 Å². The van der Waals surface area contributed by atoms with Gasteiger partial charge >= 0.3 is 0 Å². The maximum Gasteiger partial charge on any atom is 0.243 e. The van der Waals surface area contributed by atoms with Gasteiger partial charge in [-0.2, -0.15) is 5.10 Å². The van der Waals surface area contributed by atoms with Gasteiger partial charge in [0.25, 0.3) is 0 Å². The third kappa shape index (κ3) is 2.86. The van der Waals surface area contributed by atoms with E-state index < -0.39 is 0 Å². The molecule has 0 unspecified atom stereocenters. The van der Waals surface area contributed by atoms with Crippen molar-refractivity contribution in [3.63, 3.8) is 0 Å². The second-order valence-corrected chi connectivity index (χ2v) is 5.17. The number of hydrogen-bond acceptors (Lipinski definition) is 4. The van der Waals surface area contributed by atoms with Gasteiger partial charge in [-0.25, -0.2) is 4.98 Å². The molecule has 0 atom stereocenters. The molecule has 0 radical (unpaired) electrons. The van der Waals surface area contributed by atoms with Gasteiger partial charge in [0.05, 0.1) is 16.9 Å². The molecule has 1 aromatic rings. The molecular weight excluding hydrogens is 236 g/mol. The van der Waals surface area contributed by atoms with Crippen molar-refractivity contribution >= 4 is 17.5 Å². The van der Waals surface area contributed by atoms with E-state index in [1.54, 1.807) is 0 Å². The van der Waals surface area contributed by atoms with Gasteiger partial charge in [0.1, 0.15) is 0 Å². The Morgan fingerprint density at radius 2 is 1.82 bits per heavy atom. The summed E-state index contributed by atoms with van der Waals surface area (Å²) in [4.78, 5) is 4.42. The summed E-state index contributed by atoms with van der Waals surface area (Å²) in [5.41, 5.74) is 1.76. The zero-order valence-corrected chi connectivity index (χ0v) is 11.2. The summed E-state index contributed by atoms with van der Waals surface area (Å²) in [7, 11) is 0. The van der Waals surface area contributed by atoms with E-state index in [4.69, 9.17) is 11.6 Å². The van der Waals surface area contributed by atoms with E-state index in [1.165, 1.54) is 19.3 Å². The molecule has 0 bridgehead atoms. The summed E-state index contributed by atoms with van der Waals surface area (Å²) in [5, 5.41) is 11.6. The van der Waals surface area contributed by atoms with E-state index >= 15 is 0 Å². The summed E-state index contributed by atoms with van der Waals surface area (Å²) in [5.74, 6) is 1.21. The molecule has 94 valence electrons. The van der Waals surface area contributed by atoms with Crippen LogP contribution in [-0.2, 0) is 0 Å². The number of aromatic nitrogens is 3. The van der Waals surface area contributed by atoms with Crippen molar-refractivity contribution in [3.05, 3.63) is 11.4 Å². The van der Waals surface area contributed by atoms with Crippen LogP contribution >= 0.6 is 11.6 Å². The number of halogens is 1. The highest BCUT2D eigenvalue weighted by Gasteiger charge is 2.31. The standard InChI is InChI=1S/C12H19ClN4/c1-9-10(2)16-17-11(14-9)15-12(8-13)6-4-3-5-7-12/h3-8H2,1-2H3,(H,14,15,17). The summed E-state index contributed by atoms with van der Waals surface area (Å²) in [6.07, 6.45) is 5.92. The molecule has 0 spiro atoms. The molecule has 1 aromatic heterocycles. The molecule has 1 N–H and O–H groups in total. The molecule has 0 aliphatic heterocycles. The fraction of sp³-hybridized carbons (Fsp3) is 0.750. The largest absolute Gasteiger partial charge is 0.346 e. The molecule has 0 saturated heterocycles. The summed E-state index contributed by atoms with van der Waals surface area (Å²) < 4.78 is 0. The average molecular weight is 255 g/mol. The number of hydrogen-bond donors (Lipinski definition) is 1. The number of nitrogens with one attached hydrogen (secondary N) is 1. The SMILES string of the molecule is Cc1nnc(NC2(CCl)CCCCC2)nc1C. The monoisotopic (exact) mass is 254 g/mol. The van der Waals surface area contributed by atoms with E-state index in [0.717, 1.165) is 24.2 Å².